The van der Waals surface area contributed by atoms with Gasteiger partial charge in [0.2, 0.25) is 0 Å². The third-order valence-electron chi connectivity index (χ3n) is 2.65. The fraction of sp³-hybridized carbons (Fsp3) is 0.176. The molecule has 0 radical (unpaired) electrons. The van der Waals surface area contributed by atoms with Gasteiger partial charge in [0.15, 0.2) is 0 Å². The minimum Gasteiger partial charge on any atom is -0.508 e. The number of benzene rings is 2. The maximum atomic E-state index is 9.21. The average molecular weight is 268 g/mol. The predicted molar refractivity (Wildman–Crippen MR) is 77.5 cm³/mol. The van der Waals surface area contributed by atoms with Crippen LogP contribution < -0.4 is 4.74 Å². The maximum absolute atomic E-state index is 9.21. The zero-order valence-electron chi connectivity index (χ0n) is 11.0. The van der Waals surface area contributed by atoms with Gasteiger partial charge >= 0.3 is 0 Å². The van der Waals surface area contributed by atoms with E-state index >= 15 is 0 Å². The molecular formula is C17H16O3. The molecule has 0 bridgehead atoms. The smallest absolute Gasteiger partial charge is 0.121 e. The van der Waals surface area contributed by atoms with Crippen molar-refractivity contribution in [3.05, 3.63) is 59.7 Å². The molecule has 2 aromatic rings. The lowest BCUT2D eigenvalue weighted by Gasteiger charge is -2.06. The van der Waals surface area contributed by atoms with Crippen LogP contribution in [0.5, 0.6) is 11.5 Å². The molecule has 0 saturated heterocycles. The van der Waals surface area contributed by atoms with Crippen molar-refractivity contribution in [3.8, 4) is 23.3 Å². The van der Waals surface area contributed by atoms with Gasteiger partial charge in [0.1, 0.15) is 18.1 Å². The van der Waals surface area contributed by atoms with E-state index in [-0.39, 0.29) is 12.4 Å². The molecule has 0 aromatic heterocycles. The fourth-order valence-corrected chi connectivity index (χ4v) is 1.64. The highest BCUT2D eigenvalue weighted by Gasteiger charge is 1.97. The molecule has 0 aliphatic rings. The SMILES string of the molecule is OCCC#Cc1cccc(OCc2ccc(O)cc2)c1. The second-order valence-corrected chi connectivity index (χ2v) is 4.26. The Labute approximate surface area is 118 Å². The summed E-state index contributed by atoms with van der Waals surface area (Å²) in [5.74, 6) is 6.83. The average Bonchev–Trinajstić information content (AvgIpc) is 2.47. The van der Waals surface area contributed by atoms with Crippen molar-refractivity contribution in [2.45, 2.75) is 13.0 Å². The van der Waals surface area contributed by atoms with Gasteiger partial charge in [-0.2, -0.15) is 0 Å². The van der Waals surface area contributed by atoms with E-state index in [1.807, 2.05) is 36.4 Å². The molecule has 0 unspecified atom stereocenters. The van der Waals surface area contributed by atoms with Crippen molar-refractivity contribution in [1.29, 1.82) is 0 Å². The number of aliphatic hydroxyl groups excluding tert-OH is 1. The van der Waals surface area contributed by atoms with Crippen LogP contribution in [0.1, 0.15) is 17.5 Å². The van der Waals surface area contributed by atoms with Gasteiger partial charge in [-0.05, 0) is 35.9 Å². The number of aliphatic hydroxyl groups is 1. The first kappa shape index (κ1) is 14.0. The van der Waals surface area contributed by atoms with Crippen molar-refractivity contribution in [2.24, 2.45) is 0 Å². The number of aromatic hydroxyl groups is 1. The molecule has 3 nitrogen and oxygen atoms in total. The van der Waals surface area contributed by atoms with Gasteiger partial charge in [0.05, 0.1) is 6.61 Å². The summed E-state index contributed by atoms with van der Waals surface area (Å²) in [6.45, 7) is 0.512. The van der Waals surface area contributed by atoms with Crippen LogP contribution in [0, 0.1) is 11.8 Å². The Kier molecular flexibility index (Phi) is 5.05. The van der Waals surface area contributed by atoms with E-state index < -0.39 is 0 Å². The van der Waals surface area contributed by atoms with Crippen LogP contribution in [0.2, 0.25) is 0 Å². The molecule has 0 fully saturated rings. The van der Waals surface area contributed by atoms with Gasteiger partial charge in [0.25, 0.3) is 0 Å². The summed E-state index contributed by atoms with van der Waals surface area (Å²) < 4.78 is 5.68. The molecule has 2 rings (SSSR count). The lowest BCUT2D eigenvalue weighted by Crippen LogP contribution is -1.95. The van der Waals surface area contributed by atoms with Crippen molar-refractivity contribution in [3.63, 3.8) is 0 Å². The molecule has 0 atom stereocenters. The van der Waals surface area contributed by atoms with Gasteiger partial charge in [-0.25, -0.2) is 0 Å². The number of phenolic OH excluding ortho intramolecular Hbond substituents is 1. The highest BCUT2D eigenvalue weighted by molar-refractivity contribution is 5.39. The van der Waals surface area contributed by atoms with E-state index in [0.29, 0.717) is 13.0 Å². The topological polar surface area (TPSA) is 49.7 Å². The monoisotopic (exact) mass is 268 g/mol. The number of rotatable bonds is 4. The Bertz CT molecular complexity index is 606. The van der Waals surface area contributed by atoms with Gasteiger partial charge < -0.3 is 14.9 Å². The maximum Gasteiger partial charge on any atom is 0.121 e. The Balaban J connectivity index is 1.98. The standard InChI is InChI=1S/C17H16O3/c18-11-2-1-4-14-5-3-6-17(12-14)20-13-15-7-9-16(19)10-8-15/h3,5-10,12,18-19H,2,11,13H2. The van der Waals surface area contributed by atoms with Crippen LogP contribution in [-0.2, 0) is 6.61 Å². The predicted octanol–water partition coefficient (Wildman–Crippen LogP) is 2.71. The summed E-state index contributed by atoms with van der Waals surface area (Å²) in [4.78, 5) is 0. The second kappa shape index (κ2) is 7.22. The molecule has 0 heterocycles. The molecule has 0 amide bonds. The Morgan fingerprint density at radius 1 is 1.05 bits per heavy atom. The van der Waals surface area contributed by atoms with Crippen LogP contribution in [0.25, 0.3) is 0 Å². The highest BCUT2D eigenvalue weighted by atomic mass is 16.5. The Morgan fingerprint density at radius 2 is 1.85 bits per heavy atom. The van der Waals surface area contributed by atoms with Crippen LogP contribution in [0.15, 0.2) is 48.5 Å². The summed E-state index contributed by atoms with van der Waals surface area (Å²) in [6, 6.07) is 14.4. The molecule has 0 aliphatic heterocycles. The normalized spacial score (nSPS) is 9.65. The minimum atomic E-state index is 0.0735. The zero-order valence-corrected chi connectivity index (χ0v) is 11.0. The fourth-order valence-electron chi connectivity index (χ4n) is 1.64. The second-order valence-electron chi connectivity index (χ2n) is 4.26. The van der Waals surface area contributed by atoms with Crippen LogP contribution in [0.4, 0.5) is 0 Å². The lowest BCUT2D eigenvalue weighted by atomic mass is 10.2. The summed E-state index contributed by atoms with van der Waals surface area (Å²) in [5.41, 5.74) is 1.85. The molecule has 3 heteroatoms. The van der Waals surface area contributed by atoms with E-state index in [0.717, 1.165) is 16.9 Å². The van der Waals surface area contributed by atoms with Crippen molar-refractivity contribution < 1.29 is 14.9 Å². The molecule has 0 aliphatic carbocycles. The molecule has 2 N–H and O–H groups in total. The first-order valence-electron chi connectivity index (χ1n) is 6.38. The lowest BCUT2D eigenvalue weighted by molar-refractivity contribution is 0.305. The van der Waals surface area contributed by atoms with Gasteiger partial charge in [-0.1, -0.05) is 30.0 Å². The summed E-state index contributed by atoms with van der Waals surface area (Å²) >= 11 is 0. The number of hydrogen-bond acceptors (Lipinski definition) is 3. The molecule has 0 spiro atoms. The summed E-state index contributed by atoms with van der Waals surface area (Å²) in [6.07, 6.45) is 0.471. The van der Waals surface area contributed by atoms with E-state index in [1.165, 1.54) is 0 Å². The van der Waals surface area contributed by atoms with E-state index in [1.54, 1.807) is 12.1 Å². The van der Waals surface area contributed by atoms with Gasteiger partial charge in [-0.15, -0.1) is 0 Å². The van der Waals surface area contributed by atoms with Gasteiger partial charge in [-0.3, -0.25) is 0 Å². The zero-order chi connectivity index (χ0) is 14.2. The number of ether oxygens (including phenoxy) is 1. The number of hydrogen-bond donors (Lipinski definition) is 2. The van der Waals surface area contributed by atoms with Crippen molar-refractivity contribution in [1.82, 2.24) is 0 Å². The third-order valence-corrected chi connectivity index (χ3v) is 2.65. The Hall–Kier alpha value is -2.44. The third kappa shape index (κ3) is 4.34. The number of phenols is 1. The Morgan fingerprint density at radius 3 is 2.60 bits per heavy atom. The first-order valence-corrected chi connectivity index (χ1v) is 6.38. The molecule has 20 heavy (non-hydrogen) atoms. The van der Waals surface area contributed by atoms with Crippen LogP contribution in [-0.4, -0.2) is 16.8 Å². The van der Waals surface area contributed by atoms with Crippen molar-refractivity contribution in [2.75, 3.05) is 6.61 Å². The summed E-state index contributed by atoms with van der Waals surface area (Å²) in [7, 11) is 0. The molecule has 2 aromatic carbocycles. The van der Waals surface area contributed by atoms with E-state index in [4.69, 9.17) is 9.84 Å². The molecule has 0 saturated carbocycles. The van der Waals surface area contributed by atoms with E-state index in [2.05, 4.69) is 11.8 Å². The summed E-state index contributed by atoms with van der Waals surface area (Å²) in [5, 5.41) is 17.9. The molecule has 102 valence electrons. The van der Waals surface area contributed by atoms with Crippen molar-refractivity contribution >= 4 is 0 Å². The van der Waals surface area contributed by atoms with Crippen LogP contribution in [0.3, 0.4) is 0 Å². The van der Waals surface area contributed by atoms with E-state index in [9.17, 15) is 5.11 Å². The quantitative estimate of drug-likeness (QED) is 0.838. The highest BCUT2D eigenvalue weighted by Crippen LogP contribution is 2.16. The molecular weight excluding hydrogens is 252 g/mol. The van der Waals surface area contributed by atoms with Crippen LogP contribution >= 0.6 is 0 Å². The first-order chi connectivity index (χ1) is 9.78. The van der Waals surface area contributed by atoms with Gasteiger partial charge in [0, 0.05) is 12.0 Å². The minimum absolute atomic E-state index is 0.0735. The largest absolute Gasteiger partial charge is 0.508 e.